The summed E-state index contributed by atoms with van der Waals surface area (Å²) in [6.07, 6.45) is 0.650. The first-order valence-corrected chi connectivity index (χ1v) is 5.40. The van der Waals surface area contributed by atoms with Crippen LogP contribution in [0.2, 0.25) is 0 Å². The Kier molecular flexibility index (Phi) is 5.16. The summed E-state index contributed by atoms with van der Waals surface area (Å²) in [6, 6.07) is 1.05. The average molecular weight is 275 g/mol. The molecule has 0 aromatic heterocycles. The van der Waals surface area contributed by atoms with Gasteiger partial charge in [0, 0.05) is 12.5 Å². The fraction of sp³-hybridized carbons (Fsp3) is 0.364. The first-order chi connectivity index (χ1) is 8.91. The van der Waals surface area contributed by atoms with Crippen LogP contribution >= 0.6 is 0 Å². The number of unbranched alkanes of at least 4 members (excludes halogenated alkanes) is 1. The molecule has 0 aliphatic heterocycles. The number of benzene rings is 1. The Morgan fingerprint density at radius 3 is 2.58 bits per heavy atom. The van der Waals surface area contributed by atoms with Gasteiger partial charge < -0.3 is 9.84 Å². The van der Waals surface area contributed by atoms with Crippen molar-refractivity contribution in [2.45, 2.75) is 19.3 Å². The van der Waals surface area contributed by atoms with Crippen molar-refractivity contribution in [1.82, 2.24) is 0 Å². The number of carboxylic acid groups (broad SMARTS) is 1. The SMILES string of the molecule is O=C(O)CCCCOc1cc(F)c([N+](=O)[O-])cc1F. The monoisotopic (exact) mass is 275 g/mol. The topological polar surface area (TPSA) is 89.7 Å². The molecule has 0 heterocycles. The van der Waals surface area contributed by atoms with Crippen LogP contribution in [0.15, 0.2) is 12.1 Å². The number of nitrogens with zero attached hydrogens (tertiary/aromatic N) is 1. The third-order valence-corrected chi connectivity index (χ3v) is 2.24. The quantitative estimate of drug-likeness (QED) is 0.469. The van der Waals surface area contributed by atoms with Crippen molar-refractivity contribution >= 4 is 11.7 Å². The summed E-state index contributed by atoms with van der Waals surface area (Å²) < 4.78 is 31.4. The van der Waals surface area contributed by atoms with Crippen molar-refractivity contribution in [2.75, 3.05) is 6.61 Å². The highest BCUT2D eigenvalue weighted by Crippen LogP contribution is 2.26. The van der Waals surface area contributed by atoms with Crippen molar-refractivity contribution in [3.8, 4) is 5.75 Å². The minimum absolute atomic E-state index is 0.00144. The number of carboxylic acids is 1. The van der Waals surface area contributed by atoms with Gasteiger partial charge >= 0.3 is 11.7 Å². The fourth-order valence-electron chi connectivity index (χ4n) is 1.33. The van der Waals surface area contributed by atoms with Crippen molar-refractivity contribution in [3.63, 3.8) is 0 Å². The van der Waals surface area contributed by atoms with E-state index >= 15 is 0 Å². The van der Waals surface area contributed by atoms with E-state index in [-0.39, 0.29) is 13.0 Å². The lowest BCUT2D eigenvalue weighted by molar-refractivity contribution is -0.387. The van der Waals surface area contributed by atoms with E-state index in [4.69, 9.17) is 9.84 Å². The molecular formula is C11H11F2NO5. The van der Waals surface area contributed by atoms with E-state index in [0.717, 1.165) is 0 Å². The molecule has 0 atom stereocenters. The molecule has 0 bridgehead atoms. The molecule has 0 saturated heterocycles. The smallest absolute Gasteiger partial charge is 0.307 e. The maximum atomic E-state index is 13.3. The van der Waals surface area contributed by atoms with Gasteiger partial charge in [-0.25, -0.2) is 4.39 Å². The molecule has 0 aliphatic rings. The third-order valence-electron chi connectivity index (χ3n) is 2.24. The number of hydrogen-bond donors (Lipinski definition) is 1. The lowest BCUT2D eigenvalue weighted by Crippen LogP contribution is -2.03. The van der Waals surface area contributed by atoms with E-state index < -0.39 is 34.0 Å². The minimum Gasteiger partial charge on any atom is -0.490 e. The molecule has 8 heteroatoms. The molecule has 1 N–H and O–H groups in total. The molecule has 6 nitrogen and oxygen atoms in total. The van der Waals surface area contributed by atoms with E-state index in [9.17, 15) is 23.7 Å². The van der Waals surface area contributed by atoms with Crippen LogP contribution in [-0.4, -0.2) is 22.6 Å². The molecule has 0 aliphatic carbocycles. The first kappa shape index (κ1) is 14.8. The summed E-state index contributed by atoms with van der Waals surface area (Å²) in [4.78, 5) is 19.5. The highest BCUT2D eigenvalue weighted by Gasteiger charge is 2.19. The van der Waals surface area contributed by atoms with Gasteiger partial charge in [0.25, 0.3) is 0 Å². The number of rotatable bonds is 7. The molecule has 104 valence electrons. The van der Waals surface area contributed by atoms with Gasteiger partial charge in [-0.05, 0) is 12.8 Å². The molecule has 0 saturated carbocycles. The number of halogens is 2. The largest absolute Gasteiger partial charge is 0.490 e. The normalized spacial score (nSPS) is 10.2. The van der Waals surface area contributed by atoms with Crippen LogP contribution in [0.3, 0.4) is 0 Å². The zero-order valence-corrected chi connectivity index (χ0v) is 9.77. The predicted octanol–water partition coefficient (Wildman–Crippen LogP) is 2.51. The van der Waals surface area contributed by atoms with Crippen LogP contribution in [0.5, 0.6) is 5.75 Å². The van der Waals surface area contributed by atoms with Crippen molar-refractivity contribution in [3.05, 3.63) is 33.9 Å². The van der Waals surface area contributed by atoms with Gasteiger partial charge in [0.1, 0.15) is 0 Å². The van der Waals surface area contributed by atoms with Gasteiger partial charge in [0.05, 0.1) is 17.6 Å². The standard InChI is InChI=1S/C11H11F2NO5/c12-7-6-10(8(13)5-9(7)14(17)18)19-4-2-1-3-11(15)16/h5-6H,1-4H2,(H,15,16). The van der Waals surface area contributed by atoms with E-state index in [1.807, 2.05) is 0 Å². The zero-order chi connectivity index (χ0) is 14.4. The number of aliphatic carboxylic acids is 1. The van der Waals surface area contributed by atoms with Gasteiger partial charge in [0.2, 0.25) is 5.82 Å². The number of carbonyl (C=O) groups is 1. The maximum Gasteiger partial charge on any atom is 0.307 e. The number of nitro benzene ring substituents is 1. The molecule has 0 radical (unpaired) electrons. The number of nitro groups is 1. The van der Waals surface area contributed by atoms with Crippen molar-refractivity contribution < 1.29 is 28.3 Å². The fourth-order valence-corrected chi connectivity index (χ4v) is 1.33. The molecule has 0 amide bonds. The number of ether oxygens (including phenoxy) is 1. The zero-order valence-electron chi connectivity index (χ0n) is 9.77. The van der Waals surface area contributed by atoms with Crippen LogP contribution in [0, 0.1) is 21.7 Å². The van der Waals surface area contributed by atoms with E-state index in [2.05, 4.69) is 0 Å². The summed E-state index contributed by atoms with van der Waals surface area (Å²) in [5.41, 5.74) is -0.962. The van der Waals surface area contributed by atoms with Gasteiger partial charge in [-0.2, -0.15) is 4.39 Å². The second kappa shape index (κ2) is 6.62. The van der Waals surface area contributed by atoms with Crippen LogP contribution in [0.25, 0.3) is 0 Å². The first-order valence-electron chi connectivity index (χ1n) is 5.40. The summed E-state index contributed by atoms with van der Waals surface area (Å²) in [5, 5.41) is 18.7. The van der Waals surface area contributed by atoms with Gasteiger partial charge in [-0.3, -0.25) is 14.9 Å². The van der Waals surface area contributed by atoms with Gasteiger partial charge in [-0.1, -0.05) is 0 Å². The lowest BCUT2D eigenvalue weighted by Gasteiger charge is -2.07. The van der Waals surface area contributed by atoms with Crippen LogP contribution in [-0.2, 0) is 4.79 Å². The molecule has 0 unspecified atom stereocenters. The highest BCUT2D eigenvalue weighted by atomic mass is 19.1. The molecule has 1 rings (SSSR count). The Balaban J connectivity index is 2.57. The summed E-state index contributed by atoms with van der Waals surface area (Å²) in [6.45, 7) is 0.00144. The van der Waals surface area contributed by atoms with Crippen molar-refractivity contribution in [1.29, 1.82) is 0 Å². The summed E-state index contributed by atoms with van der Waals surface area (Å²) >= 11 is 0. The van der Waals surface area contributed by atoms with Gasteiger partial charge in [0.15, 0.2) is 11.6 Å². The van der Waals surface area contributed by atoms with Crippen molar-refractivity contribution in [2.24, 2.45) is 0 Å². The van der Waals surface area contributed by atoms with Gasteiger partial charge in [-0.15, -0.1) is 0 Å². The van der Waals surface area contributed by atoms with E-state index in [1.54, 1.807) is 0 Å². The molecule has 1 aromatic rings. The lowest BCUT2D eigenvalue weighted by atomic mass is 10.2. The Morgan fingerprint density at radius 1 is 1.32 bits per heavy atom. The Bertz CT molecular complexity index is 492. The second-order valence-corrected chi connectivity index (χ2v) is 3.69. The van der Waals surface area contributed by atoms with Crippen LogP contribution in [0.1, 0.15) is 19.3 Å². The predicted molar refractivity (Wildman–Crippen MR) is 60.0 cm³/mol. The third kappa shape index (κ3) is 4.49. The molecule has 1 aromatic carbocycles. The van der Waals surface area contributed by atoms with E-state index in [1.165, 1.54) is 0 Å². The average Bonchev–Trinajstić information content (AvgIpc) is 2.31. The highest BCUT2D eigenvalue weighted by molar-refractivity contribution is 5.66. The van der Waals surface area contributed by atoms with Crippen LogP contribution < -0.4 is 4.74 Å². The minimum atomic E-state index is -1.19. The maximum absolute atomic E-state index is 13.3. The summed E-state index contributed by atoms with van der Waals surface area (Å²) in [5.74, 6) is -3.61. The van der Waals surface area contributed by atoms with Crippen LogP contribution in [0.4, 0.5) is 14.5 Å². The Labute approximate surface area is 106 Å². The molecule has 0 fully saturated rings. The number of hydrogen-bond acceptors (Lipinski definition) is 4. The Morgan fingerprint density at radius 2 is 2.00 bits per heavy atom. The molecule has 19 heavy (non-hydrogen) atoms. The second-order valence-electron chi connectivity index (χ2n) is 3.69. The van der Waals surface area contributed by atoms with E-state index in [0.29, 0.717) is 25.0 Å². The molecule has 0 spiro atoms. The Hall–Kier alpha value is -2.25. The summed E-state index contributed by atoms with van der Waals surface area (Å²) in [7, 11) is 0. The molecular weight excluding hydrogens is 264 g/mol.